The molecule has 1 aromatic rings. The predicted octanol–water partition coefficient (Wildman–Crippen LogP) is 1.54. The highest BCUT2D eigenvalue weighted by Gasteiger charge is 1.98. The Morgan fingerprint density at radius 1 is 1.42 bits per heavy atom. The third-order valence-electron chi connectivity index (χ3n) is 1.39. The molecule has 0 amide bonds. The second-order valence-corrected chi connectivity index (χ2v) is 2.29. The van der Waals surface area contributed by atoms with Gasteiger partial charge in [-0.05, 0) is 12.1 Å². The fraction of sp³-hybridized carbons (Fsp3) is 0.111. The molecule has 0 bridgehead atoms. The van der Waals surface area contributed by atoms with Gasteiger partial charge in [-0.2, -0.15) is 0 Å². The van der Waals surface area contributed by atoms with Crippen molar-refractivity contribution in [3.05, 3.63) is 35.7 Å². The van der Waals surface area contributed by atoms with E-state index in [0.717, 1.165) is 6.07 Å². The largest absolute Gasteiger partial charge is 0.508 e. The number of aliphatic hydroxyl groups excluding tert-OH is 1. The summed E-state index contributed by atoms with van der Waals surface area (Å²) in [4.78, 5) is 0. The second kappa shape index (κ2) is 3.88. The summed E-state index contributed by atoms with van der Waals surface area (Å²) in [6, 6.07) is 3.86. The van der Waals surface area contributed by atoms with Crippen LogP contribution >= 0.6 is 0 Å². The molecule has 2 N–H and O–H groups in total. The van der Waals surface area contributed by atoms with Crippen LogP contribution in [0.15, 0.2) is 24.3 Å². The minimum atomic E-state index is -0.500. The normalized spacial score (nSPS) is 10.8. The molecule has 0 spiro atoms. The van der Waals surface area contributed by atoms with Gasteiger partial charge in [0.1, 0.15) is 11.6 Å². The highest BCUT2D eigenvalue weighted by molar-refractivity contribution is 5.51. The fourth-order valence-electron chi connectivity index (χ4n) is 0.831. The lowest BCUT2D eigenvalue weighted by Crippen LogP contribution is -1.81. The minimum Gasteiger partial charge on any atom is -0.508 e. The molecule has 0 aliphatic carbocycles. The number of aliphatic hydroxyl groups is 1. The van der Waals surface area contributed by atoms with E-state index >= 15 is 0 Å². The number of phenolic OH excluding ortho intramolecular Hbond substituents is 1. The number of rotatable bonds is 2. The van der Waals surface area contributed by atoms with E-state index in [-0.39, 0.29) is 12.4 Å². The Hall–Kier alpha value is -1.35. The first-order chi connectivity index (χ1) is 5.74. The van der Waals surface area contributed by atoms with Gasteiger partial charge in [0, 0.05) is 11.6 Å². The molecule has 12 heavy (non-hydrogen) atoms. The topological polar surface area (TPSA) is 40.5 Å². The van der Waals surface area contributed by atoms with Crippen LogP contribution < -0.4 is 0 Å². The van der Waals surface area contributed by atoms with Crippen LogP contribution in [0.25, 0.3) is 6.08 Å². The molecule has 1 rings (SSSR count). The van der Waals surface area contributed by atoms with Crippen LogP contribution in [0.2, 0.25) is 0 Å². The van der Waals surface area contributed by atoms with E-state index in [2.05, 4.69) is 0 Å². The van der Waals surface area contributed by atoms with Gasteiger partial charge < -0.3 is 10.2 Å². The van der Waals surface area contributed by atoms with Crippen molar-refractivity contribution in [3.63, 3.8) is 0 Å². The number of phenols is 1. The van der Waals surface area contributed by atoms with Crippen molar-refractivity contribution in [1.82, 2.24) is 0 Å². The lowest BCUT2D eigenvalue weighted by atomic mass is 10.2. The average Bonchev–Trinajstić information content (AvgIpc) is 2.03. The molecule has 0 saturated carbocycles. The van der Waals surface area contributed by atoms with E-state index in [9.17, 15) is 4.39 Å². The number of aromatic hydroxyl groups is 1. The first kappa shape index (κ1) is 8.74. The van der Waals surface area contributed by atoms with E-state index < -0.39 is 5.82 Å². The molecule has 3 heteroatoms. The third-order valence-corrected chi connectivity index (χ3v) is 1.39. The van der Waals surface area contributed by atoms with Crippen LogP contribution in [0.3, 0.4) is 0 Å². The first-order valence-corrected chi connectivity index (χ1v) is 3.50. The van der Waals surface area contributed by atoms with Crippen LogP contribution in [0, 0.1) is 5.82 Å². The minimum absolute atomic E-state index is 0.103. The molecule has 0 fully saturated rings. The van der Waals surface area contributed by atoms with E-state index in [1.807, 2.05) is 0 Å². The van der Waals surface area contributed by atoms with Gasteiger partial charge in [-0.1, -0.05) is 12.2 Å². The number of halogens is 1. The molecule has 0 atom stereocenters. The molecule has 0 aromatic heterocycles. The van der Waals surface area contributed by atoms with E-state index in [0.29, 0.717) is 5.56 Å². The summed E-state index contributed by atoms with van der Waals surface area (Å²) in [6.45, 7) is -0.125. The molecule has 1 aromatic carbocycles. The van der Waals surface area contributed by atoms with Crippen molar-refractivity contribution in [2.24, 2.45) is 0 Å². The van der Waals surface area contributed by atoms with E-state index in [1.165, 1.54) is 24.3 Å². The molecule has 0 unspecified atom stereocenters. The molecule has 0 radical (unpaired) electrons. The average molecular weight is 168 g/mol. The summed E-state index contributed by atoms with van der Waals surface area (Å²) in [6.07, 6.45) is 2.88. The monoisotopic (exact) mass is 168 g/mol. The maximum absolute atomic E-state index is 12.9. The molecular weight excluding hydrogens is 159 g/mol. The molecule has 64 valence electrons. The Labute approximate surface area is 69.6 Å². The lowest BCUT2D eigenvalue weighted by Gasteiger charge is -1.96. The van der Waals surface area contributed by atoms with Crippen molar-refractivity contribution in [2.75, 3.05) is 6.61 Å². The smallest absolute Gasteiger partial charge is 0.134 e. The zero-order valence-electron chi connectivity index (χ0n) is 6.37. The number of hydrogen-bond donors (Lipinski definition) is 2. The quantitative estimate of drug-likeness (QED) is 0.703. The van der Waals surface area contributed by atoms with Crippen molar-refractivity contribution >= 4 is 6.08 Å². The summed E-state index contributed by atoms with van der Waals surface area (Å²) >= 11 is 0. The van der Waals surface area contributed by atoms with Crippen molar-refractivity contribution in [2.45, 2.75) is 0 Å². The van der Waals surface area contributed by atoms with Crippen LogP contribution in [0.1, 0.15) is 5.56 Å². The van der Waals surface area contributed by atoms with Gasteiger partial charge in [-0.15, -0.1) is 0 Å². The highest BCUT2D eigenvalue weighted by Crippen LogP contribution is 2.15. The first-order valence-electron chi connectivity index (χ1n) is 3.50. The Bertz CT molecular complexity index is 295. The lowest BCUT2D eigenvalue weighted by molar-refractivity contribution is 0.343. The fourth-order valence-corrected chi connectivity index (χ4v) is 0.831. The van der Waals surface area contributed by atoms with Gasteiger partial charge >= 0.3 is 0 Å². The van der Waals surface area contributed by atoms with Gasteiger partial charge in [0.2, 0.25) is 0 Å². The third kappa shape index (κ3) is 2.07. The van der Waals surface area contributed by atoms with Crippen molar-refractivity contribution < 1.29 is 14.6 Å². The van der Waals surface area contributed by atoms with Gasteiger partial charge in [0.15, 0.2) is 0 Å². The molecule has 0 aliphatic heterocycles. The van der Waals surface area contributed by atoms with E-state index in [1.54, 1.807) is 0 Å². The van der Waals surface area contributed by atoms with Gasteiger partial charge in [0.25, 0.3) is 0 Å². The maximum atomic E-state index is 12.9. The predicted molar refractivity (Wildman–Crippen MR) is 44.2 cm³/mol. The standard InChI is InChI=1S/C9H9FO2/c10-9-6-8(12)4-3-7(9)2-1-5-11/h1-4,6,11-12H,5H2/b2-1+. The highest BCUT2D eigenvalue weighted by atomic mass is 19.1. The Kier molecular flexibility index (Phi) is 2.82. The Morgan fingerprint density at radius 3 is 2.75 bits per heavy atom. The number of hydrogen-bond acceptors (Lipinski definition) is 2. The molecule has 0 heterocycles. The summed E-state index contributed by atoms with van der Waals surface area (Å²) in [7, 11) is 0. The molecular formula is C9H9FO2. The van der Waals surface area contributed by atoms with Crippen LogP contribution in [-0.2, 0) is 0 Å². The van der Waals surface area contributed by atoms with Gasteiger partial charge in [-0.3, -0.25) is 0 Å². The van der Waals surface area contributed by atoms with Crippen LogP contribution in [-0.4, -0.2) is 16.8 Å². The van der Waals surface area contributed by atoms with Gasteiger partial charge in [-0.25, -0.2) is 4.39 Å². The Balaban J connectivity index is 2.94. The van der Waals surface area contributed by atoms with Gasteiger partial charge in [0.05, 0.1) is 6.61 Å². The van der Waals surface area contributed by atoms with Crippen molar-refractivity contribution in [3.8, 4) is 5.75 Å². The zero-order chi connectivity index (χ0) is 8.97. The summed E-state index contributed by atoms with van der Waals surface area (Å²) in [5.74, 6) is -0.603. The number of benzene rings is 1. The SMILES string of the molecule is OC/C=C/c1ccc(O)cc1F. The molecule has 0 aliphatic rings. The Morgan fingerprint density at radius 2 is 2.17 bits per heavy atom. The zero-order valence-corrected chi connectivity index (χ0v) is 6.37. The summed E-state index contributed by atoms with van der Waals surface area (Å²) < 4.78 is 12.9. The summed E-state index contributed by atoms with van der Waals surface area (Å²) in [5.41, 5.74) is 0.349. The van der Waals surface area contributed by atoms with Crippen LogP contribution in [0.5, 0.6) is 5.75 Å². The summed E-state index contributed by atoms with van der Waals surface area (Å²) in [5, 5.41) is 17.3. The van der Waals surface area contributed by atoms with Crippen molar-refractivity contribution in [1.29, 1.82) is 0 Å². The molecule has 0 saturated heterocycles. The molecule has 2 nitrogen and oxygen atoms in total. The second-order valence-electron chi connectivity index (χ2n) is 2.29. The maximum Gasteiger partial charge on any atom is 0.134 e. The van der Waals surface area contributed by atoms with Crippen LogP contribution in [0.4, 0.5) is 4.39 Å². The van der Waals surface area contributed by atoms with E-state index in [4.69, 9.17) is 10.2 Å².